The molecule has 1 aromatic carbocycles. The predicted molar refractivity (Wildman–Crippen MR) is 128 cm³/mol. The fourth-order valence-corrected chi connectivity index (χ4v) is 6.14. The quantitative estimate of drug-likeness (QED) is 0.230. The second-order valence-electron chi connectivity index (χ2n) is 8.20. The zero-order chi connectivity index (χ0) is 22.8. The number of sulfonamides is 1. The van der Waals surface area contributed by atoms with Crippen molar-refractivity contribution in [2.24, 2.45) is 0 Å². The van der Waals surface area contributed by atoms with E-state index in [1.165, 1.54) is 82.8 Å². The van der Waals surface area contributed by atoms with Gasteiger partial charge in [0.05, 0.1) is 5.75 Å². The first kappa shape index (κ1) is 27.9. The molecule has 1 aromatic rings. The average molecular weight is 476 g/mol. The maximum absolute atomic E-state index is 12.0. The van der Waals surface area contributed by atoms with Crippen molar-refractivity contribution in [3.05, 3.63) is 30.3 Å². The molecule has 0 fully saturated rings. The number of rotatable bonds is 20. The van der Waals surface area contributed by atoms with E-state index in [1.807, 2.05) is 0 Å². The van der Waals surface area contributed by atoms with Crippen LogP contribution >= 0.6 is 0 Å². The highest BCUT2D eigenvalue weighted by Crippen LogP contribution is 2.14. The van der Waals surface area contributed by atoms with Gasteiger partial charge in [0.2, 0.25) is 10.0 Å². The van der Waals surface area contributed by atoms with Crippen molar-refractivity contribution in [1.82, 2.24) is 4.13 Å². The minimum absolute atomic E-state index is 0.0668. The molecule has 0 spiro atoms. The Morgan fingerprint density at radius 1 is 0.645 bits per heavy atom. The molecule has 0 amide bonds. The van der Waals surface area contributed by atoms with E-state index < -0.39 is 20.3 Å². The van der Waals surface area contributed by atoms with E-state index in [-0.39, 0.29) is 11.5 Å². The lowest BCUT2D eigenvalue weighted by atomic mass is 10.0. The third-order valence-electron chi connectivity index (χ3n) is 5.19. The summed E-state index contributed by atoms with van der Waals surface area (Å²) in [5, 5.41) is 0. The summed E-state index contributed by atoms with van der Waals surface area (Å²) in [6.45, 7) is 2.25. The van der Waals surface area contributed by atoms with Crippen molar-refractivity contribution in [3.63, 3.8) is 0 Å². The molecule has 0 bridgehead atoms. The van der Waals surface area contributed by atoms with E-state index in [0.29, 0.717) is 6.42 Å². The molecular formula is C23H41NO5S2. The van der Waals surface area contributed by atoms with Gasteiger partial charge in [0.1, 0.15) is 5.75 Å². The molecule has 0 aliphatic heterocycles. The summed E-state index contributed by atoms with van der Waals surface area (Å²) in [4.78, 5) is 0. The number of benzene rings is 1. The molecule has 0 unspecified atom stereocenters. The second-order valence-corrected chi connectivity index (χ2v) is 11.6. The third kappa shape index (κ3) is 16.2. The maximum Gasteiger partial charge on any atom is 0.395 e. The molecule has 0 atom stereocenters. The van der Waals surface area contributed by atoms with Gasteiger partial charge >= 0.3 is 10.3 Å². The predicted octanol–water partition coefficient (Wildman–Crippen LogP) is 6.10. The van der Waals surface area contributed by atoms with Gasteiger partial charge in [-0.25, -0.2) is 8.42 Å². The first-order valence-electron chi connectivity index (χ1n) is 11.9. The zero-order valence-corrected chi connectivity index (χ0v) is 20.7. The van der Waals surface area contributed by atoms with Crippen molar-refractivity contribution in [2.45, 2.75) is 103 Å². The van der Waals surface area contributed by atoms with Crippen molar-refractivity contribution in [3.8, 4) is 5.75 Å². The summed E-state index contributed by atoms with van der Waals surface area (Å²) < 4.78 is 54.1. The van der Waals surface area contributed by atoms with E-state index in [2.05, 4.69) is 6.92 Å². The highest BCUT2D eigenvalue weighted by molar-refractivity contribution is 8.02. The van der Waals surface area contributed by atoms with Gasteiger partial charge in [-0.05, 0) is 18.6 Å². The Kier molecular flexibility index (Phi) is 14.9. The molecule has 8 heteroatoms. The summed E-state index contributed by atoms with van der Waals surface area (Å²) >= 11 is 0. The van der Waals surface area contributed by atoms with E-state index in [4.69, 9.17) is 4.18 Å². The Hall–Kier alpha value is -1.12. The van der Waals surface area contributed by atoms with E-state index in [9.17, 15) is 16.8 Å². The van der Waals surface area contributed by atoms with Gasteiger partial charge < -0.3 is 4.18 Å². The molecular weight excluding hydrogens is 434 g/mol. The van der Waals surface area contributed by atoms with Gasteiger partial charge in [-0.15, -0.1) is 0 Å². The molecule has 180 valence electrons. The normalized spacial score (nSPS) is 12.2. The van der Waals surface area contributed by atoms with Crippen LogP contribution in [0.5, 0.6) is 5.75 Å². The molecule has 0 heterocycles. The standard InChI is InChI=1S/C23H41NO5S2/c1-2-3-4-5-6-7-8-9-10-11-12-13-14-15-19-22-30(25,26)24-31(27,28)29-23-20-17-16-18-21-23/h16-18,20-21,24H,2-15,19,22H2,1H3. The lowest BCUT2D eigenvalue weighted by Gasteiger charge is -2.09. The van der Waals surface area contributed by atoms with E-state index in [1.54, 1.807) is 22.3 Å². The van der Waals surface area contributed by atoms with Crippen LogP contribution in [-0.4, -0.2) is 22.6 Å². The Morgan fingerprint density at radius 2 is 1.06 bits per heavy atom. The minimum atomic E-state index is -4.40. The van der Waals surface area contributed by atoms with Crippen molar-refractivity contribution in [2.75, 3.05) is 5.75 Å². The molecule has 0 radical (unpaired) electrons. The lowest BCUT2D eigenvalue weighted by Crippen LogP contribution is -2.35. The first-order valence-corrected chi connectivity index (χ1v) is 14.9. The van der Waals surface area contributed by atoms with Crippen molar-refractivity contribution >= 4 is 20.3 Å². The number of unbranched alkanes of at least 4 members (excludes halogenated alkanes) is 14. The Morgan fingerprint density at radius 3 is 1.52 bits per heavy atom. The fourth-order valence-electron chi connectivity index (χ4n) is 3.48. The van der Waals surface area contributed by atoms with Crippen LogP contribution in [-0.2, 0) is 20.3 Å². The molecule has 0 aliphatic rings. The number of hydrogen-bond acceptors (Lipinski definition) is 5. The molecule has 1 rings (SSSR count). The summed E-state index contributed by atoms with van der Waals surface area (Å²) in [5.74, 6) is -0.153. The Bertz CT molecular complexity index is 764. The Labute approximate surface area is 190 Å². The Balaban J connectivity index is 2.00. The van der Waals surface area contributed by atoms with Crippen molar-refractivity contribution < 1.29 is 21.0 Å². The second kappa shape index (κ2) is 16.5. The van der Waals surface area contributed by atoms with Gasteiger partial charge in [0.25, 0.3) is 0 Å². The highest BCUT2D eigenvalue weighted by Gasteiger charge is 2.22. The molecule has 0 saturated heterocycles. The van der Waals surface area contributed by atoms with Gasteiger partial charge in [-0.3, -0.25) is 0 Å². The summed E-state index contributed by atoms with van der Waals surface area (Å²) in [7, 11) is -8.34. The largest absolute Gasteiger partial charge is 0.395 e. The summed E-state index contributed by atoms with van der Waals surface area (Å²) in [5.41, 5.74) is 0. The van der Waals surface area contributed by atoms with E-state index in [0.717, 1.165) is 19.3 Å². The van der Waals surface area contributed by atoms with Crippen LogP contribution in [0.25, 0.3) is 0 Å². The van der Waals surface area contributed by atoms with Gasteiger partial charge in [0, 0.05) is 0 Å². The van der Waals surface area contributed by atoms with Crippen LogP contribution in [0.2, 0.25) is 0 Å². The fraction of sp³-hybridized carbons (Fsp3) is 0.739. The van der Waals surface area contributed by atoms with Crippen LogP contribution in [0.3, 0.4) is 0 Å². The number of nitrogens with one attached hydrogen (secondary N) is 1. The highest BCUT2D eigenvalue weighted by atomic mass is 32.3. The maximum atomic E-state index is 12.0. The topological polar surface area (TPSA) is 89.5 Å². The van der Waals surface area contributed by atoms with Gasteiger partial charge in [0.15, 0.2) is 0 Å². The first-order chi connectivity index (χ1) is 14.8. The summed E-state index contributed by atoms with van der Waals surface area (Å²) in [6, 6.07) is 7.81. The van der Waals surface area contributed by atoms with Gasteiger partial charge in [-0.1, -0.05) is 119 Å². The number of para-hydroxylation sites is 1. The molecule has 1 N–H and O–H groups in total. The molecule has 0 saturated carbocycles. The number of hydrogen-bond donors (Lipinski definition) is 1. The zero-order valence-electron chi connectivity index (χ0n) is 19.1. The van der Waals surface area contributed by atoms with Crippen LogP contribution in [0.1, 0.15) is 103 Å². The lowest BCUT2D eigenvalue weighted by molar-refractivity contribution is 0.480. The van der Waals surface area contributed by atoms with Crippen LogP contribution in [0, 0.1) is 0 Å². The molecule has 6 nitrogen and oxygen atoms in total. The summed E-state index contributed by atoms with van der Waals surface area (Å²) in [6.07, 6.45) is 17.8. The van der Waals surface area contributed by atoms with Gasteiger partial charge in [-0.2, -0.15) is 8.42 Å². The molecule has 31 heavy (non-hydrogen) atoms. The monoisotopic (exact) mass is 475 g/mol. The molecule has 0 aromatic heterocycles. The van der Waals surface area contributed by atoms with Crippen LogP contribution in [0.15, 0.2) is 30.3 Å². The smallest absolute Gasteiger partial charge is 0.370 e. The average Bonchev–Trinajstić information content (AvgIpc) is 2.70. The minimum Gasteiger partial charge on any atom is -0.370 e. The van der Waals surface area contributed by atoms with E-state index >= 15 is 0 Å². The van der Waals surface area contributed by atoms with Crippen LogP contribution < -0.4 is 8.31 Å². The third-order valence-corrected chi connectivity index (χ3v) is 8.27. The van der Waals surface area contributed by atoms with Crippen molar-refractivity contribution in [1.29, 1.82) is 0 Å². The molecule has 0 aliphatic carbocycles. The van der Waals surface area contributed by atoms with Crippen LogP contribution in [0.4, 0.5) is 0 Å². The SMILES string of the molecule is CCCCCCCCCCCCCCCCCS(=O)(=O)NS(=O)(=O)Oc1ccccc1.